The molecule has 47 heavy (non-hydrogen) atoms. The van der Waals surface area contributed by atoms with Crippen LogP contribution in [0.15, 0.2) is 85.2 Å². The number of carbonyl (C=O) groups excluding carboxylic acids is 2. The first-order valence-corrected chi connectivity index (χ1v) is 16.7. The van der Waals surface area contributed by atoms with Crippen LogP contribution in [0.1, 0.15) is 79.8 Å². The largest absolute Gasteiger partial charge is 0.454 e. The van der Waals surface area contributed by atoms with Crippen molar-refractivity contribution in [3.8, 4) is 0 Å². The molecule has 0 radical (unpaired) electrons. The fourth-order valence-electron chi connectivity index (χ4n) is 9.16. The summed E-state index contributed by atoms with van der Waals surface area (Å²) in [6, 6.07) is 21.3. The maximum Gasteiger partial charge on any atom is 0.324 e. The lowest BCUT2D eigenvalue weighted by Crippen LogP contribution is -2.64. The van der Waals surface area contributed by atoms with E-state index in [1.54, 1.807) is 18.3 Å². The molecule has 1 saturated carbocycles. The molecule has 0 unspecified atom stereocenters. The van der Waals surface area contributed by atoms with E-state index in [-0.39, 0.29) is 27.2 Å². The summed E-state index contributed by atoms with van der Waals surface area (Å²) in [7, 11) is 0. The minimum atomic E-state index is -1.45. The van der Waals surface area contributed by atoms with E-state index in [1.165, 1.54) is 6.20 Å². The molecule has 1 amide bonds. The van der Waals surface area contributed by atoms with Gasteiger partial charge in [-0.05, 0) is 59.9 Å². The van der Waals surface area contributed by atoms with E-state index in [4.69, 9.17) is 27.9 Å². The second-order valence-electron chi connectivity index (χ2n) is 14.0. The molecule has 5 heterocycles. The van der Waals surface area contributed by atoms with Crippen LogP contribution in [0.4, 0.5) is 10.1 Å². The van der Waals surface area contributed by atoms with Crippen LogP contribution in [0, 0.1) is 11.2 Å². The predicted octanol–water partition coefficient (Wildman–Crippen LogP) is 7.96. The molecular weight excluding hydrogens is 638 g/mol. The molecule has 3 fully saturated rings. The summed E-state index contributed by atoms with van der Waals surface area (Å²) >= 11 is 12.7. The standard InChI is InChI=1S/C37H33Cl2FN4O3/c1-35(2)14-16-36(17-15-35)37(24-20-42-26(38)19-25(24)43-34(37)46)27(23-13-18-41-32(39)28(23)40)30-33(45)47-31(22-11-7-4-8-12-22)29(44(30)36)21-9-5-3-6-10-21/h3-13,18-20,27,29-31H,14-17H2,1-2H3,(H,43,46)/t27-,29+,30+,31-,37-/m0/s1. The number of aromatic nitrogens is 2. The summed E-state index contributed by atoms with van der Waals surface area (Å²) in [5, 5.41) is 3.00. The molecule has 8 rings (SSSR count). The van der Waals surface area contributed by atoms with Gasteiger partial charge in [0.1, 0.15) is 22.7 Å². The number of hydrogen-bond donors (Lipinski definition) is 1. The van der Waals surface area contributed by atoms with Crippen molar-refractivity contribution in [2.45, 2.75) is 74.6 Å². The van der Waals surface area contributed by atoms with E-state index in [1.807, 2.05) is 60.7 Å². The number of amides is 1. The third-order valence-corrected chi connectivity index (χ3v) is 11.7. The lowest BCUT2D eigenvalue weighted by atomic mass is 9.53. The molecule has 2 spiro atoms. The first-order chi connectivity index (χ1) is 22.6. The van der Waals surface area contributed by atoms with Gasteiger partial charge in [-0.25, -0.2) is 14.4 Å². The van der Waals surface area contributed by atoms with Crippen LogP contribution in [0.5, 0.6) is 0 Å². The normalized spacial score (nSPS) is 29.0. The van der Waals surface area contributed by atoms with Gasteiger partial charge in [0.25, 0.3) is 0 Å². The Kier molecular flexibility index (Phi) is 7.03. The Bertz CT molecular complexity index is 1900. The van der Waals surface area contributed by atoms with Crippen molar-refractivity contribution in [3.05, 3.63) is 124 Å². The molecule has 0 bridgehead atoms. The van der Waals surface area contributed by atoms with Gasteiger partial charge in [0, 0.05) is 35.1 Å². The Morgan fingerprint density at radius 3 is 2.23 bits per heavy atom. The quantitative estimate of drug-likeness (QED) is 0.176. The van der Waals surface area contributed by atoms with Gasteiger partial charge in [-0.15, -0.1) is 0 Å². The third kappa shape index (κ3) is 4.27. The number of rotatable bonds is 3. The maximum absolute atomic E-state index is 16.4. The minimum Gasteiger partial charge on any atom is -0.454 e. The first-order valence-electron chi connectivity index (χ1n) is 16.0. The zero-order valence-electron chi connectivity index (χ0n) is 25.9. The summed E-state index contributed by atoms with van der Waals surface area (Å²) in [4.78, 5) is 40.6. The molecule has 3 aliphatic heterocycles. The van der Waals surface area contributed by atoms with Gasteiger partial charge in [-0.1, -0.05) is 97.7 Å². The number of halogens is 3. The zero-order chi connectivity index (χ0) is 32.7. The van der Waals surface area contributed by atoms with Crippen molar-refractivity contribution < 1.29 is 18.7 Å². The minimum absolute atomic E-state index is 0.0151. The highest BCUT2D eigenvalue weighted by molar-refractivity contribution is 6.30. The number of fused-ring (bicyclic) bond motifs is 5. The number of anilines is 1. The van der Waals surface area contributed by atoms with Crippen molar-refractivity contribution in [1.82, 2.24) is 14.9 Å². The van der Waals surface area contributed by atoms with Gasteiger partial charge in [0.05, 0.1) is 6.04 Å². The first kappa shape index (κ1) is 30.5. The van der Waals surface area contributed by atoms with Gasteiger partial charge in [0.2, 0.25) is 5.91 Å². The molecular formula is C37H33Cl2FN4O3. The zero-order valence-corrected chi connectivity index (χ0v) is 27.4. The van der Waals surface area contributed by atoms with E-state index in [0.717, 1.165) is 24.0 Å². The smallest absolute Gasteiger partial charge is 0.324 e. The fraction of sp³-hybridized carbons (Fsp3) is 0.351. The predicted molar refractivity (Wildman–Crippen MR) is 177 cm³/mol. The number of esters is 1. The second-order valence-corrected chi connectivity index (χ2v) is 14.7. The summed E-state index contributed by atoms with van der Waals surface area (Å²) in [5.41, 5.74) is 0.574. The van der Waals surface area contributed by atoms with E-state index in [9.17, 15) is 4.79 Å². The van der Waals surface area contributed by atoms with Crippen molar-refractivity contribution in [2.24, 2.45) is 5.41 Å². The average molecular weight is 672 g/mol. The summed E-state index contributed by atoms with van der Waals surface area (Å²) in [6.45, 7) is 4.46. The van der Waals surface area contributed by atoms with Gasteiger partial charge < -0.3 is 10.1 Å². The van der Waals surface area contributed by atoms with Gasteiger partial charge in [-0.2, -0.15) is 0 Å². The van der Waals surface area contributed by atoms with Crippen molar-refractivity contribution in [2.75, 3.05) is 5.32 Å². The molecule has 240 valence electrons. The Morgan fingerprint density at radius 2 is 1.55 bits per heavy atom. The number of carbonyl (C=O) groups is 2. The van der Waals surface area contributed by atoms with Gasteiger partial charge in [-0.3, -0.25) is 14.5 Å². The van der Waals surface area contributed by atoms with E-state index >= 15 is 9.18 Å². The van der Waals surface area contributed by atoms with Crippen molar-refractivity contribution in [3.63, 3.8) is 0 Å². The van der Waals surface area contributed by atoms with Crippen molar-refractivity contribution in [1.29, 1.82) is 0 Å². The monoisotopic (exact) mass is 670 g/mol. The van der Waals surface area contributed by atoms with E-state index in [0.29, 0.717) is 24.1 Å². The lowest BCUT2D eigenvalue weighted by Gasteiger charge is -2.57. The van der Waals surface area contributed by atoms with Crippen LogP contribution in [0.25, 0.3) is 0 Å². The topological polar surface area (TPSA) is 84.4 Å². The molecule has 5 atom stereocenters. The van der Waals surface area contributed by atoms with E-state index < -0.39 is 46.8 Å². The maximum atomic E-state index is 16.4. The van der Waals surface area contributed by atoms with Crippen LogP contribution < -0.4 is 5.32 Å². The number of benzene rings is 2. The molecule has 1 aliphatic carbocycles. The molecule has 4 aromatic rings. The summed E-state index contributed by atoms with van der Waals surface area (Å²) < 4.78 is 22.9. The molecule has 10 heteroatoms. The van der Waals surface area contributed by atoms with Crippen molar-refractivity contribution >= 4 is 40.8 Å². The fourth-order valence-corrected chi connectivity index (χ4v) is 9.48. The van der Waals surface area contributed by atoms with Gasteiger partial charge in [0.15, 0.2) is 11.0 Å². The number of morpholine rings is 1. The van der Waals surface area contributed by atoms with Crippen LogP contribution in [-0.4, -0.2) is 38.3 Å². The molecule has 4 aliphatic rings. The molecule has 2 saturated heterocycles. The van der Waals surface area contributed by atoms with Gasteiger partial charge >= 0.3 is 5.97 Å². The molecule has 2 aromatic carbocycles. The number of nitrogens with zero attached hydrogens (tertiary/aromatic N) is 3. The number of ether oxygens (including phenoxy) is 1. The second kappa shape index (κ2) is 10.8. The van der Waals surface area contributed by atoms with Crippen LogP contribution >= 0.6 is 23.2 Å². The van der Waals surface area contributed by atoms with Crippen LogP contribution in [0.3, 0.4) is 0 Å². The summed E-state index contributed by atoms with van der Waals surface area (Å²) in [6.07, 6.45) is 5.06. The molecule has 7 nitrogen and oxygen atoms in total. The average Bonchev–Trinajstić information content (AvgIpc) is 3.50. The number of pyridine rings is 2. The highest BCUT2D eigenvalue weighted by atomic mass is 35.5. The highest BCUT2D eigenvalue weighted by Crippen LogP contribution is 2.71. The number of nitrogens with one attached hydrogen (secondary N) is 1. The molecule has 2 aromatic heterocycles. The lowest BCUT2D eigenvalue weighted by molar-refractivity contribution is -0.184. The Labute approximate surface area is 282 Å². The third-order valence-electron chi connectivity index (χ3n) is 11.2. The Balaban J connectivity index is 1.49. The number of hydrogen-bond acceptors (Lipinski definition) is 6. The Hall–Kier alpha value is -3.85. The SMILES string of the molecule is CC1(C)CCC2(CC1)N1[C@H](c3ccccc3)[C@H](c3ccccc3)OC(=O)[C@H]1[C@H](c1ccnc(Cl)c1F)[C@@]21C(=O)Nc2cc(Cl)ncc21. The Morgan fingerprint density at radius 1 is 0.894 bits per heavy atom. The van der Waals surface area contributed by atoms with Crippen LogP contribution in [-0.2, 0) is 19.7 Å². The molecule has 1 N–H and O–H groups in total. The number of cyclic esters (lactones) is 1. The van der Waals surface area contributed by atoms with Crippen LogP contribution in [0.2, 0.25) is 10.3 Å². The summed E-state index contributed by atoms with van der Waals surface area (Å²) in [5.74, 6) is -2.63. The highest BCUT2D eigenvalue weighted by Gasteiger charge is 2.79. The van der Waals surface area contributed by atoms with E-state index in [2.05, 4.69) is 34.0 Å².